The third-order valence-electron chi connectivity index (χ3n) is 3.95. The second-order valence-electron chi connectivity index (χ2n) is 6.75. The molecule has 0 saturated heterocycles. The van der Waals surface area contributed by atoms with Crippen molar-refractivity contribution in [1.29, 1.82) is 0 Å². The molecular formula is C19H29ClFN3O4. The zero-order valence-electron chi connectivity index (χ0n) is 16.6. The number of amides is 2. The van der Waals surface area contributed by atoms with Gasteiger partial charge in [-0.1, -0.05) is 20.8 Å². The average molecular weight is 418 g/mol. The maximum Gasteiger partial charge on any atom is 0.289 e. The smallest absolute Gasteiger partial charge is 0.289 e. The van der Waals surface area contributed by atoms with Gasteiger partial charge in [0, 0.05) is 12.6 Å². The molecular weight excluding hydrogens is 389 g/mol. The normalized spacial score (nSPS) is 12.5. The minimum absolute atomic E-state index is 0. The number of carbonyl (C=O) groups is 3. The summed E-state index contributed by atoms with van der Waals surface area (Å²) in [7, 11) is 1.40. The lowest BCUT2D eigenvalue weighted by Gasteiger charge is -2.19. The fraction of sp³-hybridized carbons (Fsp3) is 0.526. The molecule has 0 fully saturated rings. The summed E-state index contributed by atoms with van der Waals surface area (Å²) < 4.78 is 18.4. The van der Waals surface area contributed by atoms with Gasteiger partial charge in [0.05, 0.1) is 19.2 Å². The minimum atomic E-state index is -0.960. The summed E-state index contributed by atoms with van der Waals surface area (Å²) in [4.78, 5) is 36.5. The van der Waals surface area contributed by atoms with E-state index in [0.29, 0.717) is 17.7 Å². The average Bonchev–Trinajstić information content (AvgIpc) is 2.62. The Balaban J connectivity index is 0.00000729. The first-order valence-corrected chi connectivity index (χ1v) is 8.89. The van der Waals surface area contributed by atoms with Crippen LogP contribution in [-0.2, 0) is 20.9 Å². The summed E-state index contributed by atoms with van der Waals surface area (Å²) in [6.45, 7) is 5.51. The molecule has 4 N–H and O–H groups in total. The Labute approximate surface area is 171 Å². The summed E-state index contributed by atoms with van der Waals surface area (Å²) in [6.07, 6.45) is 0.726. The highest BCUT2D eigenvalue weighted by Gasteiger charge is 2.27. The molecule has 0 aliphatic carbocycles. The highest BCUT2D eigenvalue weighted by atomic mass is 35.5. The predicted octanol–water partition coefficient (Wildman–Crippen LogP) is 1.71. The van der Waals surface area contributed by atoms with Crippen LogP contribution in [-0.4, -0.2) is 36.8 Å². The van der Waals surface area contributed by atoms with Crippen LogP contribution in [0.3, 0.4) is 0 Å². The summed E-state index contributed by atoms with van der Waals surface area (Å²) >= 11 is 0. The first-order chi connectivity index (χ1) is 12.7. The number of halogens is 2. The number of hydrogen-bond acceptors (Lipinski definition) is 5. The largest absolute Gasteiger partial charge is 0.497 e. The number of methoxy groups -OCH3 is 1. The number of nitrogens with two attached hydrogens (primary N) is 1. The summed E-state index contributed by atoms with van der Waals surface area (Å²) in [5.41, 5.74) is 6.25. The lowest BCUT2D eigenvalue weighted by atomic mass is 10.0. The lowest BCUT2D eigenvalue weighted by molar-refractivity contribution is -0.140. The quantitative estimate of drug-likeness (QED) is 0.502. The van der Waals surface area contributed by atoms with Crippen LogP contribution in [0.5, 0.6) is 5.75 Å². The Morgan fingerprint density at radius 3 is 2.39 bits per heavy atom. The summed E-state index contributed by atoms with van der Waals surface area (Å²) in [6, 6.07) is 2.29. The number of carbonyl (C=O) groups excluding carboxylic acids is 3. The highest BCUT2D eigenvalue weighted by Crippen LogP contribution is 2.15. The first-order valence-electron chi connectivity index (χ1n) is 8.89. The van der Waals surface area contributed by atoms with Crippen LogP contribution in [0.15, 0.2) is 18.2 Å². The van der Waals surface area contributed by atoms with E-state index in [0.717, 1.165) is 0 Å². The number of hydrogen-bond donors (Lipinski definition) is 3. The van der Waals surface area contributed by atoms with E-state index in [2.05, 4.69) is 10.6 Å². The van der Waals surface area contributed by atoms with Gasteiger partial charge in [0.2, 0.25) is 11.7 Å². The molecule has 0 aromatic heterocycles. The van der Waals surface area contributed by atoms with E-state index in [-0.39, 0.29) is 31.3 Å². The number of Topliss-reactive ketones (excluding diaryl/α,β-unsaturated/α-hetero) is 1. The zero-order chi connectivity index (χ0) is 20.6. The van der Waals surface area contributed by atoms with Crippen molar-refractivity contribution in [2.75, 3.05) is 7.11 Å². The van der Waals surface area contributed by atoms with Gasteiger partial charge in [0.25, 0.3) is 5.91 Å². The van der Waals surface area contributed by atoms with Gasteiger partial charge in [0.1, 0.15) is 11.6 Å². The van der Waals surface area contributed by atoms with Crippen LogP contribution in [0.2, 0.25) is 0 Å². The molecule has 0 aliphatic rings. The van der Waals surface area contributed by atoms with Gasteiger partial charge in [-0.15, -0.1) is 12.4 Å². The maximum atomic E-state index is 13.5. The topological polar surface area (TPSA) is 111 Å². The van der Waals surface area contributed by atoms with Crippen molar-refractivity contribution in [1.82, 2.24) is 10.6 Å². The summed E-state index contributed by atoms with van der Waals surface area (Å²) in [5, 5.41) is 4.96. The molecule has 1 rings (SSSR count). The first kappa shape index (κ1) is 25.8. The number of benzene rings is 1. The third-order valence-corrected chi connectivity index (χ3v) is 3.95. The molecule has 2 amide bonds. The molecule has 1 aromatic carbocycles. The Morgan fingerprint density at radius 2 is 1.86 bits per heavy atom. The van der Waals surface area contributed by atoms with Crippen molar-refractivity contribution in [2.45, 2.75) is 52.2 Å². The van der Waals surface area contributed by atoms with Crippen molar-refractivity contribution in [3.63, 3.8) is 0 Å². The van der Waals surface area contributed by atoms with Crippen molar-refractivity contribution >= 4 is 30.0 Å². The highest BCUT2D eigenvalue weighted by molar-refractivity contribution is 6.38. The Kier molecular flexibility index (Phi) is 11.3. The van der Waals surface area contributed by atoms with Gasteiger partial charge in [-0.3, -0.25) is 14.4 Å². The molecule has 0 saturated carbocycles. The van der Waals surface area contributed by atoms with Crippen LogP contribution in [0.4, 0.5) is 4.39 Å². The van der Waals surface area contributed by atoms with Crippen LogP contribution >= 0.6 is 12.4 Å². The van der Waals surface area contributed by atoms with Gasteiger partial charge in [-0.2, -0.15) is 0 Å². The maximum absolute atomic E-state index is 13.5. The number of rotatable bonds is 10. The van der Waals surface area contributed by atoms with Crippen molar-refractivity contribution in [3.05, 3.63) is 29.6 Å². The van der Waals surface area contributed by atoms with Gasteiger partial charge >= 0.3 is 0 Å². The zero-order valence-corrected chi connectivity index (χ0v) is 17.4. The van der Waals surface area contributed by atoms with E-state index in [4.69, 9.17) is 10.5 Å². The van der Waals surface area contributed by atoms with Crippen LogP contribution in [0.25, 0.3) is 0 Å². The molecule has 0 bridgehead atoms. The monoisotopic (exact) mass is 417 g/mol. The number of ether oxygens (including phenoxy) is 1. The predicted molar refractivity (Wildman–Crippen MR) is 107 cm³/mol. The van der Waals surface area contributed by atoms with E-state index in [1.807, 2.05) is 13.8 Å². The standard InChI is InChI=1S/C19H28FN3O4.ClH/c1-5-16(23-18(25)15(21)6-11(2)3)17(24)19(26)22-10-12-7-13(20)9-14(8-12)27-4;/h7-9,11,15-16H,5-6,10,21H2,1-4H3,(H,22,26)(H,23,25);1H. The van der Waals surface area contributed by atoms with Gasteiger partial charge in [-0.05, 0) is 36.5 Å². The van der Waals surface area contributed by atoms with E-state index < -0.39 is 35.5 Å². The van der Waals surface area contributed by atoms with E-state index in [1.54, 1.807) is 13.0 Å². The second kappa shape index (κ2) is 12.3. The molecule has 0 heterocycles. The molecule has 9 heteroatoms. The molecule has 0 aliphatic heterocycles. The molecule has 28 heavy (non-hydrogen) atoms. The fourth-order valence-corrected chi connectivity index (χ4v) is 2.52. The lowest BCUT2D eigenvalue weighted by Crippen LogP contribution is -2.51. The van der Waals surface area contributed by atoms with E-state index >= 15 is 0 Å². The number of ketones is 1. The van der Waals surface area contributed by atoms with E-state index in [9.17, 15) is 18.8 Å². The van der Waals surface area contributed by atoms with Crippen LogP contribution in [0.1, 0.15) is 39.2 Å². The molecule has 2 atom stereocenters. The van der Waals surface area contributed by atoms with Gasteiger partial charge in [0.15, 0.2) is 0 Å². The van der Waals surface area contributed by atoms with Crippen LogP contribution < -0.4 is 21.1 Å². The minimum Gasteiger partial charge on any atom is -0.497 e. The summed E-state index contributed by atoms with van der Waals surface area (Å²) in [5.74, 6) is -2.07. The van der Waals surface area contributed by atoms with Crippen molar-refractivity contribution in [2.24, 2.45) is 11.7 Å². The Morgan fingerprint density at radius 1 is 1.21 bits per heavy atom. The van der Waals surface area contributed by atoms with Gasteiger partial charge in [-0.25, -0.2) is 4.39 Å². The van der Waals surface area contributed by atoms with Crippen molar-refractivity contribution in [3.8, 4) is 5.75 Å². The molecule has 1 aromatic rings. The Bertz CT molecular complexity index is 685. The Hall–Kier alpha value is -2.19. The molecule has 0 spiro atoms. The SMILES string of the molecule is CCC(NC(=O)C(N)CC(C)C)C(=O)C(=O)NCc1cc(F)cc(OC)c1.Cl. The third kappa shape index (κ3) is 8.22. The van der Waals surface area contributed by atoms with Crippen molar-refractivity contribution < 1.29 is 23.5 Å². The molecule has 158 valence electrons. The fourth-order valence-electron chi connectivity index (χ4n) is 2.52. The molecule has 7 nitrogen and oxygen atoms in total. The second-order valence-corrected chi connectivity index (χ2v) is 6.75. The van der Waals surface area contributed by atoms with Gasteiger partial charge < -0.3 is 21.1 Å². The van der Waals surface area contributed by atoms with E-state index in [1.165, 1.54) is 19.2 Å². The number of nitrogens with one attached hydrogen (secondary N) is 2. The molecule has 2 unspecified atom stereocenters. The molecule has 0 radical (unpaired) electrons. The van der Waals surface area contributed by atoms with Crippen LogP contribution in [0, 0.1) is 11.7 Å².